The maximum Gasteiger partial charge on any atom is 0.0683 e. The molecule has 0 heterocycles. The van der Waals surface area contributed by atoms with Crippen molar-refractivity contribution in [3.8, 4) is 0 Å². The molecule has 0 fully saturated rings. The average Bonchev–Trinajstić information content (AvgIpc) is 2.60. The van der Waals surface area contributed by atoms with Gasteiger partial charge in [0.2, 0.25) is 0 Å². The Kier molecular flexibility index (Phi) is 3.08. The highest BCUT2D eigenvalue weighted by Gasteiger charge is 2.25. The number of hydrogen-bond acceptors (Lipinski definition) is 0. The van der Waals surface area contributed by atoms with Crippen LogP contribution in [0, 0.1) is 5.92 Å². The smallest absolute Gasteiger partial charge is 0.0616 e. The van der Waals surface area contributed by atoms with Gasteiger partial charge in [-0.2, -0.15) is 0 Å². The molecule has 2 aromatic rings. The molecule has 2 aliphatic carbocycles. The lowest BCUT2D eigenvalue weighted by atomic mass is 9.81. The van der Waals surface area contributed by atoms with E-state index in [9.17, 15) is 0 Å². The summed E-state index contributed by atoms with van der Waals surface area (Å²) in [5, 5.41) is 2.58. The Morgan fingerprint density at radius 3 is 2.64 bits per heavy atom. The molecule has 0 saturated carbocycles. The fourth-order valence-electron chi connectivity index (χ4n) is 3.13. The molecule has 4 rings (SSSR count). The highest BCUT2D eigenvalue weighted by Crippen LogP contribution is 2.37. The van der Waals surface area contributed by atoms with E-state index < -0.39 is 0 Å². The zero-order valence-corrected chi connectivity index (χ0v) is 12.6. The second kappa shape index (κ2) is 5.23. The summed E-state index contributed by atoms with van der Waals surface area (Å²) in [6.45, 7) is 2.21. The van der Waals surface area contributed by atoms with Crippen molar-refractivity contribution < 1.29 is 0 Å². The molecule has 0 nitrogen and oxygen atoms in total. The van der Waals surface area contributed by atoms with Gasteiger partial charge in [-0.15, -0.1) is 0 Å². The van der Waals surface area contributed by atoms with Crippen LogP contribution >= 0.6 is 0 Å². The molecular weight excluding hydrogens is 264 g/mol. The third-order valence-corrected chi connectivity index (χ3v) is 4.38. The van der Waals surface area contributed by atoms with E-state index >= 15 is 0 Å². The Morgan fingerprint density at radius 2 is 1.73 bits per heavy atom. The van der Waals surface area contributed by atoms with E-state index in [0.717, 1.165) is 0 Å². The standard InChI is InChI=1S/C22H17/c1-16(19-14-13-17-7-2-3-9-20(17)15-19)21-12-6-10-18-8-4-5-11-22(18)21/h2-15H,1H3/q+1. The van der Waals surface area contributed by atoms with Gasteiger partial charge >= 0.3 is 0 Å². The van der Waals surface area contributed by atoms with Crippen molar-refractivity contribution in [3.05, 3.63) is 108 Å². The molecule has 0 bridgehead atoms. The summed E-state index contributed by atoms with van der Waals surface area (Å²) in [6, 6.07) is 15.2. The Bertz CT molecular complexity index is 885. The second-order valence-corrected chi connectivity index (χ2v) is 5.71. The van der Waals surface area contributed by atoms with Crippen LogP contribution in [0.2, 0.25) is 0 Å². The van der Waals surface area contributed by atoms with Gasteiger partial charge in [-0.25, -0.2) is 0 Å². The molecule has 0 N–H and O–H groups in total. The summed E-state index contributed by atoms with van der Waals surface area (Å²) in [5.74, 6) is 1.32. The summed E-state index contributed by atoms with van der Waals surface area (Å²) >= 11 is 0. The van der Waals surface area contributed by atoms with Crippen molar-refractivity contribution in [2.75, 3.05) is 0 Å². The van der Waals surface area contributed by atoms with Gasteiger partial charge in [0.1, 0.15) is 0 Å². The molecular formula is C22H17+. The lowest BCUT2D eigenvalue weighted by Crippen LogP contribution is -2.06. The highest BCUT2D eigenvalue weighted by molar-refractivity contribution is 5.88. The van der Waals surface area contributed by atoms with Crippen LogP contribution in [0.3, 0.4) is 0 Å². The summed E-state index contributed by atoms with van der Waals surface area (Å²) < 4.78 is 0. The van der Waals surface area contributed by atoms with E-state index in [0.29, 0.717) is 0 Å². The SMILES string of the molecule is CC(=C1C=CC=C2C=CC=C[C+]21)c1ccc2ccccc2c1. The van der Waals surface area contributed by atoms with Crippen LogP contribution in [0.5, 0.6) is 0 Å². The van der Waals surface area contributed by atoms with E-state index in [1.165, 1.54) is 39.0 Å². The zero-order chi connectivity index (χ0) is 14.9. The quantitative estimate of drug-likeness (QED) is 0.579. The molecule has 2 aliphatic rings. The molecule has 0 atom stereocenters. The Hall–Kier alpha value is -2.73. The molecule has 104 valence electrons. The largest absolute Gasteiger partial charge is 0.0683 e. The predicted octanol–water partition coefficient (Wildman–Crippen LogP) is 5.81. The highest BCUT2D eigenvalue weighted by atomic mass is 14.2. The number of hydrogen-bond donors (Lipinski definition) is 0. The number of benzene rings is 2. The molecule has 0 unspecified atom stereocenters. The van der Waals surface area contributed by atoms with Crippen molar-refractivity contribution in [1.29, 1.82) is 0 Å². The van der Waals surface area contributed by atoms with Crippen molar-refractivity contribution in [1.82, 2.24) is 0 Å². The fraction of sp³-hybridized carbons (Fsp3) is 0.0455. The lowest BCUT2D eigenvalue weighted by Gasteiger charge is -2.17. The van der Waals surface area contributed by atoms with Crippen LogP contribution in [0.1, 0.15) is 12.5 Å². The molecule has 0 aliphatic heterocycles. The van der Waals surface area contributed by atoms with E-state index in [4.69, 9.17) is 0 Å². The van der Waals surface area contributed by atoms with Crippen molar-refractivity contribution >= 4 is 16.3 Å². The van der Waals surface area contributed by atoms with Gasteiger partial charge in [0.25, 0.3) is 0 Å². The normalized spacial score (nSPS) is 18.4. The second-order valence-electron chi connectivity index (χ2n) is 5.71. The van der Waals surface area contributed by atoms with Gasteiger partial charge in [0.15, 0.2) is 0 Å². The predicted molar refractivity (Wildman–Crippen MR) is 95.3 cm³/mol. The van der Waals surface area contributed by atoms with Crippen LogP contribution in [-0.2, 0) is 0 Å². The fourth-order valence-corrected chi connectivity index (χ4v) is 3.13. The maximum atomic E-state index is 2.28. The van der Waals surface area contributed by atoms with Crippen LogP contribution < -0.4 is 0 Å². The monoisotopic (exact) mass is 281 g/mol. The van der Waals surface area contributed by atoms with Crippen LogP contribution in [0.4, 0.5) is 0 Å². The average molecular weight is 281 g/mol. The van der Waals surface area contributed by atoms with Crippen LogP contribution in [0.15, 0.2) is 96.1 Å². The van der Waals surface area contributed by atoms with Crippen molar-refractivity contribution in [2.24, 2.45) is 0 Å². The van der Waals surface area contributed by atoms with E-state index in [1.54, 1.807) is 0 Å². The summed E-state index contributed by atoms with van der Waals surface area (Å²) in [4.78, 5) is 0. The minimum Gasteiger partial charge on any atom is -0.0616 e. The first-order valence-corrected chi connectivity index (χ1v) is 7.64. The first-order valence-electron chi connectivity index (χ1n) is 7.64. The first-order chi connectivity index (χ1) is 10.8. The van der Waals surface area contributed by atoms with E-state index in [2.05, 4.69) is 91.9 Å². The van der Waals surface area contributed by atoms with Gasteiger partial charge < -0.3 is 0 Å². The molecule has 0 heteroatoms. The van der Waals surface area contributed by atoms with E-state index in [-0.39, 0.29) is 0 Å². The van der Waals surface area contributed by atoms with Gasteiger partial charge in [-0.05, 0) is 48.1 Å². The third kappa shape index (κ3) is 2.14. The van der Waals surface area contributed by atoms with Crippen LogP contribution in [0.25, 0.3) is 16.3 Å². The molecule has 0 saturated heterocycles. The molecule has 0 aromatic heterocycles. The Balaban J connectivity index is 1.83. The van der Waals surface area contributed by atoms with Crippen LogP contribution in [-0.4, -0.2) is 0 Å². The Labute approximate surface area is 131 Å². The maximum absolute atomic E-state index is 2.28. The van der Waals surface area contributed by atoms with Gasteiger partial charge in [-0.3, -0.25) is 0 Å². The van der Waals surface area contributed by atoms with Crippen molar-refractivity contribution in [3.63, 3.8) is 0 Å². The molecule has 0 spiro atoms. The topological polar surface area (TPSA) is 0 Å². The lowest BCUT2D eigenvalue weighted by molar-refractivity contribution is 1.26. The third-order valence-electron chi connectivity index (χ3n) is 4.38. The molecule has 0 radical (unpaired) electrons. The summed E-state index contributed by atoms with van der Waals surface area (Å²) in [7, 11) is 0. The molecule has 0 amide bonds. The van der Waals surface area contributed by atoms with Gasteiger partial charge in [-0.1, -0.05) is 30.3 Å². The zero-order valence-electron chi connectivity index (χ0n) is 12.6. The minimum absolute atomic E-state index is 1.29. The van der Waals surface area contributed by atoms with E-state index in [1.807, 2.05) is 0 Å². The van der Waals surface area contributed by atoms with Gasteiger partial charge in [0, 0.05) is 35.4 Å². The van der Waals surface area contributed by atoms with Crippen molar-refractivity contribution in [2.45, 2.75) is 6.92 Å². The Morgan fingerprint density at radius 1 is 0.864 bits per heavy atom. The molecule has 2 aromatic carbocycles. The molecule has 22 heavy (non-hydrogen) atoms. The summed E-state index contributed by atoms with van der Waals surface area (Å²) in [5.41, 5.74) is 5.21. The first kappa shape index (κ1) is 13.0. The number of fused-ring (bicyclic) bond motifs is 2. The summed E-state index contributed by atoms with van der Waals surface area (Å²) in [6.07, 6.45) is 15.1. The minimum atomic E-state index is 1.29. The van der Waals surface area contributed by atoms with Gasteiger partial charge in [0.05, 0.1) is 17.1 Å². The number of rotatable bonds is 1. The number of allylic oxidation sites excluding steroid dienone is 10.